The summed E-state index contributed by atoms with van der Waals surface area (Å²) < 4.78 is 15.4. The first-order valence-electron chi connectivity index (χ1n) is 9.35. The molecule has 5 heteroatoms. The molecule has 3 rings (SSSR count). The van der Waals surface area contributed by atoms with Gasteiger partial charge in [-0.05, 0) is 52.3 Å². The maximum absolute atomic E-state index is 11.5. The van der Waals surface area contributed by atoms with Crippen molar-refractivity contribution in [3.8, 4) is 5.75 Å². The third kappa shape index (κ3) is 5.58. The van der Waals surface area contributed by atoms with Crippen molar-refractivity contribution in [2.24, 2.45) is 0 Å². The molecule has 0 aliphatic heterocycles. The highest BCUT2D eigenvalue weighted by atomic mass is 16.5. The molecule has 3 aromatic rings. The quantitative estimate of drug-likeness (QED) is 0.420. The van der Waals surface area contributed by atoms with E-state index in [9.17, 15) is 9.59 Å². The van der Waals surface area contributed by atoms with Gasteiger partial charge in [0.2, 0.25) is 0 Å². The molecule has 0 aliphatic carbocycles. The van der Waals surface area contributed by atoms with E-state index in [1.807, 2.05) is 60.7 Å². The van der Waals surface area contributed by atoms with Crippen molar-refractivity contribution in [3.05, 3.63) is 89.5 Å². The molecular weight excluding hydrogens is 380 g/mol. The number of methoxy groups -OCH3 is 2. The molecule has 0 amide bonds. The van der Waals surface area contributed by atoms with Gasteiger partial charge >= 0.3 is 11.9 Å². The summed E-state index contributed by atoms with van der Waals surface area (Å²) in [5.41, 5.74) is 2.66. The third-order valence-electron chi connectivity index (χ3n) is 4.44. The molecule has 0 saturated carbocycles. The normalized spacial score (nSPS) is 11.1. The minimum Gasteiger partial charge on any atom is -0.488 e. The summed E-state index contributed by atoms with van der Waals surface area (Å²) in [5, 5.41) is 1.92. The summed E-state index contributed by atoms with van der Waals surface area (Å²) in [6.45, 7) is 0.396. The molecule has 0 atom stereocenters. The summed E-state index contributed by atoms with van der Waals surface area (Å²) in [6.07, 6.45) is 6.11. The van der Waals surface area contributed by atoms with Gasteiger partial charge in [-0.2, -0.15) is 0 Å². The number of carbonyl (C=O) groups excluding carboxylic acids is 2. The van der Waals surface area contributed by atoms with E-state index in [2.05, 4.69) is 9.47 Å². The number of fused-ring (bicyclic) bond motifs is 1. The number of ether oxygens (including phenoxy) is 3. The van der Waals surface area contributed by atoms with Crippen molar-refractivity contribution < 1.29 is 23.8 Å². The fourth-order valence-corrected chi connectivity index (χ4v) is 2.87. The van der Waals surface area contributed by atoms with Crippen LogP contribution in [0, 0.1) is 0 Å². The predicted molar refractivity (Wildman–Crippen MR) is 117 cm³/mol. The Balaban J connectivity index is 1.96. The highest BCUT2D eigenvalue weighted by Gasteiger charge is 2.07. The van der Waals surface area contributed by atoms with E-state index in [1.165, 1.54) is 26.4 Å². The Hall–Kier alpha value is -3.86. The topological polar surface area (TPSA) is 61.8 Å². The van der Waals surface area contributed by atoms with Gasteiger partial charge in [-0.1, -0.05) is 42.5 Å². The van der Waals surface area contributed by atoms with E-state index in [1.54, 1.807) is 12.2 Å². The molecule has 0 saturated heterocycles. The van der Waals surface area contributed by atoms with Crippen molar-refractivity contribution in [2.45, 2.75) is 6.61 Å². The highest BCUT2D eigenvalue weighted by molar-refractivity contribution is 5.93. The van der Waals surface area contributed by atoms with Crippen LogP contribution in [0.1, 0.15) is 16.7 Å². The van der Waals surface area contributed by atoms with Gasteiger partial charge in [0, 0.05) is 17.7 Å². The Kier molecular flexibility index (Phi) is 7.00. The molecule has 0 aromatic heterocycles. The molecule has 0 radical (unpaired) electrons. The van der Waals surface area contributed by atoms with Crippen LogP contribution in [-0.4, -0.2) is 26.2 Å². The predicted octanol–water partition coefficient (Wildman–Crippen LogP) is 4.79. The fraction of sp³-hybridized carbons (Fsp3) is 0.120. The number of rotatable bonds is 7. The monoisotopic (exact) mass is 402 g/mol. The molecule has 0 N–H and O–H groups in total. The standard InChI is InChI=1S/C25H22O5/c1-28-24(26)12-9-18-8-10-20-15-21(11-13-25(27)29-2)23(16-22(20)14-18)30-17-19-6-4-3-5-7-19/h3-16H,17H2,1-2H3. The molecule has 0 bridgehead atoms. The number of hydrogen-bond donors (Lipinski definition) is 0. The van der Waals surface area contributed by atoms with Crippen LogP contribution in [0.5, 0.6) is 5.75 Å². The van der Waals surface area contributed by atoms with Crippen LogP contribution in [-0.2, 0) is 25.7 Å². The first kappa shape index (κ1) is 20.9. The lowest BCUT2D eigenvalue weighted by molar-refractivity contribution is -0.135. The first-order chi connectivity index (χ1) is 14.6. The molecule has 3 aromatic carbocycles. The van der Waals surface area contributed by atoms with Gasteiger partial charge in [-0.25, -0.2) is 9.59 Å². The second-order valence-electron chi connectivity index (χ2n) is 6.48. The molecule has 152 valence electrons. The van der Waals surface area contributed by atoms with Crippen molar-refractivity contribution in [1.82, 2.24) is 0 Å². The van der Waals surface area contributed by atoms with E-state index in [-0.39, 0.29) is 0 Å². The zero-order valence-electron chi connectivity index (χ0n) is 16.8. The Morgan fingerprint density at radius 3 is 2.20 bits per heavy atom. The maximum atomic E-state index is 11.5. The van der Waals surface area contributed by atoms with Crippen molar-refractivity contribution in [1.29, 1.82) is 0 Å². The van der Waals surface area contributed by atoms with Gasteiger partial charge in [0.1, 0.15) is 12.4 Å². The van der Waals surface area contributed by atoms with Crippen LogP contribution in [0.2, 0.25) is 0 Å². The molecule has 5 nitrogen and oxygen atoms in total. The average Bonchev–Trinajstić information content (AvgIpc) is 2.79. The zero-order chi connectivity index (χ0) is 21.3. The Bertz CT molecular complexity index is 1100. The van der Waals surface area contributed by atoms with E-state index < -0.39 is 11.9 Å². The minimum absolute atomic E-state index is 0.396. The SMILES string of the molecule is COC(=O)C=Cc1ccc2cc(C=CC(=O)OC)c(OCc3ccccc3)cc2c1. The second kappa shape index (κ2) is 10.1. The summed E-state index contributed by atoms with van der Waals surface area (Å²) in [5.74, 6) is -0.210. The third-order valence-corrected chi connectivity index (χ3v) is 4.44. The molecule has 0 heterocycles. The van der Waals surface area contributed by atoms with Crippen LogP contribution < -0.4 is 4.74 Å². The maximum Gasteiger partial charge on any atom is 0.330 e. The molecule has 0 aliphatic rings. The number of esters is 2. The molecule has 0 spiro atoms. The fourth-order valence-electron chi connectivity index (χ4n) is 2.87. The number of hydrogen-bond acceptors (Lipinski definition) is 5. The van der Waals surface area contributed by atoms with Gasteiger partial charge in [-0.15, -0.1) is 0 Å². The lowest BCUT2D eigenvalue weighted by Crippen LogP contribution is -1.98. The molecular formula is C25H22O5. The van der Waals surface area contributed by atoms with Gasteiger partial charge in [0.05, 0.1) is 14.2 Å². The van der Waals surface area contributed by atoms with Crippen LogP contribution in [0.15, 0.2) is 72.8 Å². The van der Waals surface area contributed by atoms with Gasteiger partial charge in [0.15, 0.2) is 0 Å². The Labute approximate surface area is 175 Å². The van der Waals surface area contributed by atoms with Crippen LogP contribution in [0.4, 0.5) is 0 Å². The van der Waals surface area contributed by atoms with E-state index in [4.69, 9.17) is 4.74 Å². The smallest absolute Gasteiger partial charge is 0.330 e. The Morgan fingerprint density at radius 2 is 1.50 bits per heavy atom. The number of benzene rings is 3. The molecule has 0 unspecified atom stereocenters. The zero-order valence-corrected chi connectivity index (χ0v) is 16.8. The van der Waals surface area contributed by atoms with Crippen molar-refractivity contribution in [3.63, 3.8) is 0 Å². The van der Waals surface area contributed by atoms with Gasteiger partial charge in [-0.3, -0.25) is 0 Å². The molecule has 30 heavy (non-hydrogen) atoms. The highest BCUT2D eigenvalue weighted by Crippen LogP contribution is 2.29. The van der Waals surface area contributed by atoms with E-state index in [0.717, 1.165) is 27.5 Å². The summed E-state index contributed by atoms with van der Waals surface area (Å²) in [4.78, 5) is 22.9. The van der Waals surface area contributed by atoms with Gasteiger partial charge in [0.25, 0.3) is 0 Å². The minimum atomic E-state index is -0.438. The first-order valence-corrected chi connectivity index (χ1v) is 9.35. The van der Waals surface area contributed by atoms with E-state index in [0.29, 0.717) is 12.4 Å². The van der Waals surface area contributed by atoms with Gasteiger partial charge < -0.3 is 14.2 Å². The Morgan fingerprint density at radius 1 is 0.800 bits per heavy atom. The van der Waals surface area contributed by atoms with Crippen molar-refractivity contribution in [2.75, 3.05) is 14.2 Å². The summed E-state index contributed by atoms with van der Waals surface area (Å²) in [7, 11) is 2.68. The van der Waals surface area contributed by atoms with Crippen LogP contribution >= 0.6 is 0 Å². The molecule has 0 fully saturated rings. The van der Waals surface area contributed by atoms with Crippen molar-refractivity contribution >= 4 is 34.9 Å². The van der Waals surface area contributed by atoms with Crippen LogP contribution in [0.3, 0.4) is 0 Å². The second-order valence-corrected chi connectivity index (χ2v) is 6.48. The van der Waals surface area contributed by atoms with E-state index >= 15 is 0 Å². The summed E-state index contributed by atoms with van der Waals surface area (Å²) in [6, 6.07) is 19.5. The average molecular weight is 402 g/mol. The van der Waals surface area contributed by atoms with Crippen LogP contribution in [0.25, 0.3) is 22.9 Å². The summed E-state index contributed by atoms with van der Waals surface area (Å²) >= 11 is 0. The largest absolute Gasteiger partial charge is 0.488 e. The number of carbonyl (C=O) groups is 2. The lowest BCUT2D eigenvalue weighted by atomic mass is 10.0. The lowest BCUT2D eigenvalue weighted by Gasteiger charge is -2.12.